The largest absolute Gasteiger partial charge is 0.478 e. The van der Waals surface area contributed by atoms with Crippen LogP contribution in [0, 0.1) is 6.92 Å². The number of aryl methyl sites for hydroxylation is 1. The van der Waals surface area contributed by atoms with E-state index in [-0.39, 0.29) is 18.5 Å². The van der Waals surface area contributed by atoms with Gasteiger partial charge in [-0.05, 0) is 37.1 Å². The molecule has 0 saturated heterocycles. The van der Waals surface area contributed by atoms with Gasteiger partial charge < -0.3 is 10.4 Å². The fourth-order valence-electron chi connectivity index (χ4n) is 1.54. The van der Waals surface area contributed by atoms with Gasteiger partial charge in [-0.25, -0.2) is 4.79 Å². The van der Waals surface area contributed by atoms with E-state index >= 15 is 0 Å². The Morgan fingerprint density at radius 3 is 2.56 bits per heavy atom. The monoisotopic (exact) mass is 261 g/mol. The first-order valence-electron chi connectivity index (χ1n) is 5.44. The Labute approximate surface area is 103 Å². The van der Waals surface area contributed by atoms with E-state index in [1.54, 1.807) is 19.1 Å². The van der Waals surface area contributed by atoms with E-state index in [1.165, 1.54) is 6.07 Å². The first-order valence-corrected chi connectivity index (χ1v) is 5.44. The Hall–Kier alpha value is -1.72. The molecule has 1 aromatic carbocycles. The molecule has 0 aliphatic carbocycles. The standard InChI is InChI=1S/C12H14F3NO2/c1-8-7-9(3-4-10(8)11(17)18)16-6-2-5-12(13,14)15/h3-4,7,16H,2,5-6H2,1H3,(H,17,18). The fourth-order valence-corrected chi connectivity index (χ4v) is 1.54. The van der Waals surface area contributed by atoms with E-state index in [2.05, 4.69) is 5.32 Å². The minimum Gasteiger partial charge on any atom is -0.478 e. The maximum atomic E-state index is 11.9. The van der Waals surface area contributed by atoms with Gasteiger partial charge >= 0.3 is 12.1 Å². The van der Waals surface area contributed by atoms with Crippen LogP contribution in [0.4, 0.5) is 18.9 Å². The van der Waals surface area contributed by atoms with Gasteiger partial charge in [-0.2, -0.15) is 13.2 Å². The molecule has 18 heavy (non-hydrogen) atoms. The number of carboxylic acid groups (broad SMARTS) is 1. The van der Waals surface area contributed by atoms with Crippen LogP contribution in [0.25, 0.3) is 0 Å². The second-order valence-electron chi connectivity index (χ2n) is 3.98. The Morgan fingerprint density at radius 2 is 2.06 bits per heavy atom. The molecule has 6 heteroatoms. The maximum absolute atomic E-state index is 11.9. The Morgan fingerprint density at radius 1 is 1.39 bits per heavy atom. The van der Waals surface area contributed by atoms with Crippen LogP contribution >= 0.6 is 0 Å². The third kappa shape index (κ3) is 4.65. The topological polar surface area (TPSA) is 49.3 Å². The molecular weight excluding hydrogens is 247 g/mol. The number of aromatic carboxylic acids is 1. The normalized spacial score (nSPS) is 11.3. The lowest BCUT2D eigenvalue weighted by molar-refractivity contribution is -0.134. The number of nitrogens with one attached hydrogen (secondary N) is 1. The molecule has 2 N–H and O–H groups in total. The molecule has 0 fully saturated rings. The van der Waals surface area contributed by atoms with Crippen LogP contribution in [-0.2, 0) is 0 Å². The highest BCUT2D eigenvalue weighted by Gasteiger charge is 2.25. The average Bonchev–Trinajstić information content (AvgIpc) is 2.22. The van der Waals surface area contributed by atoms with Crippen molar-refractivity contribution < 1.29 is 23.1 Å². The minimum atomic E-state index is -4.13. The highest BCUT2D eigenvalue weighted by atomic mass is 19.4. The third-order valence-corrected chi connectivity index (χ3v) is 2.42. The molecule has 0 radical (unpaired) electrons. The summed E-state index contributed by atoms with van der Waals surface area (Å²) >= 11 is 0. The zero-order chi connectivity index (χ0) is 13.8. The number of hydrogen-bond acceptors (Lipinski definition) is 2. The van der Waals surface area contributed by atoms with Gasteiger partial charge in [0.15, 0.2) is 0 Å². The molecule has 0 aromatic heterocycles. The van der Waals surface area contributed by atoms with Crippen molar-refractivity contribution >= 4 is 11.7 Å². The predicted molar refractivity (Wildman–Crippen MR) is 61.9 cm³/mol. The van der Waals surface area contributed by atoms with Crippen LogP contribution in [0.5, 0.6) is 0 Å². The van der Waals surface area contributed by atoms with E-state index in [9.17, 15) is 18.0 Å². The van der Waals surface area contributed by atoms with Gasteiger partial charge in [0.2, 0.25) is 0 Å². The summed E-state index contributed by atoms with van der Waals surface area (Å²) in [6.45, 7) is 1.84. The summed E-state index contributed by atoms with van der Waals surface area (Å²) in [5.41, 5.74) is 1.39. The van der Waals surface area contributed by atoms with Gasteiger partial charge in [-0.3, -0.25) is 0 Å². The summed E-state index contributed by atoms with van der Waals surface area (Å²) < 4.78 is 35.7. The van der Waals surface area contributed by atoms with Crippen molar-refractivity contribution in [2.24, 2.45) is 0 Å². The molecule has 0 bridgehead atoms. The molecule has 0 unspecified atom stereocenters. The fraction of sp³-hybridized carbons (Fsp3) is 0.417. The van der Waals surface area contributed by atoms with E-state index < -0.39 is 18.6 Å². The second-order valence-corrected chi connectivity index (χ2v) is 3.98. The minimum absolute atomic E-state index is 0.0107. The zero-order valence-electron chi connectivity index (χ0n) is 9.84. The molecule has 3 nitrogen and oxygen atoms in total. The van der Waals surface area contributed by atoms with Gasteiger partial charge in [-0.15, -0.1) is 0 Å². The summed E-state index contributed by atoms with van der Waals surface area (Å²) in [6, 6.07) is 4.59. The molecule has 0 saturated carbocycles. The van der Waals surface area contributed by atoms with E-state index in [0.717, 1.165) is 0 Å². The third-order valence-electron chi connectivity index (χ3n) is 2.42. The van der Waals surface area contributed by atoms with Gasteiger partial charge in [-0.1, -0.05) is 0 Å². The highest BCUT2D eigenvalue weighted by molar-refractivity contribution is 5.89. The van der Waals surface area contributed by atoms with Crippen molar-refractivity contribution in [2.75, 3.05) is 11.9 Å². The molecule has 1 aromatic rings. The quantitative estimate of drug-likeness (QED) is 0.798. The number of benzene rings is 1. The summed E-state index contributed by atoms with van der Waals surface area (Å²) in [6.07, 6.45) is -4.97. The molecule has 0 heterocycles. The lowest BCUT2D eigenvalue weighted by atomic mass is 10.1. The SMILES string of the molecule is Cc1cc(NCCCC(F)(F)F)ccc1C(=O)O. The van der Waals surface area contributed by atoms with Gasteiger partial charge in [0.05, 0.1) is 5.56 Å². The number of alkyl halides is 3. The summed E-state index contributed by atoms with van der Waals surface area (Å²) in [7, 11) is 0. The Kier molecular flexibility index (Phi) is 4.58. The van der Waals surface area contributed by atoms with Crippen LogP contribution in [0.3, 0.4) is 0 Å². The lowest BCUT2D eigenvalue weighted by Gasteiger charge is -2.10. The van der Waals surface area contributed by atoms with Crippen molar-refractivity contribution in [1.82, 2.24) is 0 Å². The smallest absolute Gasteiger partial charge is 0.389 e. The predicted octanol–water partition coefficient (Wildman–Crippen LogP) is 3.45. The maximum Gasteiger partial charge on any atom is 0.389 e. The summed E-state index contributed by atoms with van der Waals surface area (Å²) in [4.78, 5) is 10.8. The first kappa shape index (κ1) is 14.3. The number of halogens is 3. The van der Waals surface area contributed by atoms with Crippen LogP contribution in [0.1, 0.15) is 28.8 Å². The summed E-state index contributed by atoms with van der Waals surface area (Å²) in [5, 5.41) is 11.6. The second kappa shape index (κ2) is 5.75. The zero-order valence-corrected chi connectivity index (χ0v) is 9.84. The number of rotatable bonds is 5. The Balaban J connectivity index is 2.49. The molecule has 0 atom stereocenters. The van der Waals surface area contributed by atoms with E-state index in [4.69, 9.17) is 5.11 Å². The molecule has 0 amide bonds. The number of carboxylic acids is 1. The first-order chi connectivity index (χ1) is 8.29. The number of hydrogen-bond donors (Lipinski definition) is 2. The molecular formula is C12H14F3NO2. The lowest BCUT2D eigenvalue weighted by Crippen LogP contribution is -2.11. The van der Waals surface area contributed by atoms with Crippen LogP contribution < -0.4 is 5.32 Å². The number of anilines is 1. The molecule has 0 spiro atoms. The number of carbonyl (C=O) groups is 1. The van der Waals surface area contributed by atoms with Crippen LogP contribution in [0.15, 0.2) is 18.2 Å². The molecule has 0 aliphatic rings. The van der Waals surface area contributed by atoms with Crippen molar-refractivity contribution in [3.05, 3.63) is 29.3 Å². The summed E-state index contributed by atoms with van der Waals surface area (Å²) in [5.74, 6) is -1.02. The van der Waals surface area contributed by atoms with E-state index in [1.807, 2.05) is 0 Å². The van der Waals surface area contributed by atoms with Crippen LogP contribution in [-0.4, -0.2) is 23.8 Å². The van der Waals surface area contributed by atoms with Crippen molar-refractivity contribution in [1.29, 1.82) is 0 Å². The van der Waals surface area contributed by atoms with E-state index in [0.29, 0.717) is 11.3 Å². The van der Waals surface area contributed by atoms with Crippen molar-refractivity contribution in [2.45, 2.75) is 25.9 Å². The van der Waals surface area contributed by atoms with Gasteiger partial charge in [0.1, 0.15) is 0 Å². The van der Waals surface area contributed by atoms with Crippen LogP contribution in [0.2, 0.25) is 0 Å². The Bertz CT molecular complexity index is 430. The van der Waals surface area contributed by atoms with Crippen molar-refractivity contribution in [3.8, 4) is 0 Å². The highest BCUT2D eigenvalue weighted by Crippen LogP contribution is 2.21. The molecule has 100 valence electrons. The molecule has 0 aliphatic heterocycles. The average molecular weight is 261 g/mol. The van der Waals surface area contributed by atoms with Gasteiger partial charge in [0.25, 0.3) is 0 Å². The molecule has 1 rings (SSSR count). The van der Waals surface area contributed by atoms with Gasteiger partial charge in [0, 0.05) is 18.7 Å². The van der Waals surface area contributed by atoms with Crippen molar-refractivity contribution in [3.63, 3.8) is 0 Å².